The number of Topliss-reactive ketones (excluding diaryl/α,β-unsaturated/α-hetero) is 1. The van der Waals surface area contributed by atoms with Crippen molar-refractivity contribution < 1.29 is 4.79 Å². The van der Waals surface area contributed by atoms with E-state index in [-0.39, 0.29) is 17.6 Å². The molecular formula is C13H19NO. The Kier molecular flexibility index (Phi) is 2.82. The number of ketones is 1. The standard InChI is InChI=1S/C13H19NO/c1-8(2)6-9(7-14)13(15)12-10-4-3-5-11(10)12/h8-12H,3-6H2,1-2H3. The molecule has 0 aromatic heterocycles. The lowest BCUT2D eigenvalue weighted by Gasteiger charge is -2.11. The van der Waals surface area contributed by atoms with Crippen molar-refractivity contribution in [1.82, 2.24) is 0 Å². The molecule has 2 saturated carbocycles. The van der Waals surface area contributed by atoms with Crippen molar-refractivity contribution in [3.63, 3.8) is 0 Å². The fourth-order valence-corrected chi connectivity index (χ4v) is 3.18. The molecule has 0 aromatic rings. The molecule has 0 N–H and O–H groups in total. The summed E-state index contributed by atoms with van der Waals surface area (Å²) in [6.07, 6.45) is 4.48. The van der Waals surface area contributed by atoms with Crippen LogP contribution >= 0.6 is 0 Å². The van der Waals surface area contributed by atoms with E-state index in [1.54, 1.807) is 0 Å². The molecule has 0 aromatic carbocycles. The molecule has 0 aliphatic heterocycles. The van der Waals surface area contributed by atoms with E-state index in [1.165, 1.54) is 19.3 Å². The molecular weight excluding hydrogens is 186 g/mol. The Morgan fingerprint density at radius 2 is 2.00 bits per heavy atom. The number of nitriles is 1. The molecule has 0 bridgehead atoms. The zero-order valence-electron chi connectivity index (χ0n) is 9.57. The second-order valence-corrected chi connectivity index (χ2v) is 5.50. The summed E-state index contributed by atoms with van der Waals surface area (Å²) in [7, 11) is 0. The van der Waals surface area contributed by atoms with Crippen molar-refractivity contribution in [2.75, 3.05) is 0 Å². The number of carbonyl (C=O) groups excluding carboxylic acids is 1. The molecule has 3 atom stereocenters. The van der Waals surface area contributed by atoms with E-state index in [9.17, 15) is 4.79 Å². The van der Waals surface area contributed by atoms with E-state index in [0.29, 0.717) is 17.8 Å². The van der Waals surface area contributed by atoms with Gasteiger partial charge in [0.15, 0.2) is 5.78 Å². The summed E-state index contributed by atoms with van der Waals surface area (Å²) in [6, 6.07) is 2.19. The average Bonchev–Trinajstić information content (AvgIpc) is 2.67. The Morgan fingerprint density at radius 3 is 2.47 bits per heavy atom. The van der Waals surface area contributed by atoms with Gasteiger partial charge < -0.3 is 0 Å². The number of fused-ring (bicyclic) bond motifs is 1. The number of nitrogens with zero attached hydrogens (tertiary/aromatic N) is 1. The van der Waals surface area contributed by atoms with E-state index < -0.39 is 0 Å². The van der Waals surface area contributed by atoms with Crippen LogP contribution in [-0.2, 0) is 4.79 Å². The summed E-state index contributed by atoms with van der Waals surface area (Å²) >= 11 is 0. The van der Waals surface area contributed by atoms with Crippen LogP contribution in [-0.4, -0.2) is 5.78 Å². The van der Waals surface area contributed by atoms with Gasteiger partial charge in [-0.3, -0.25) is 4.79 Å². The van der Waals surface area contributed by atoms with Crippen LogP contribution < -0.4 is 0 Å². The highest BCUT2D eigenvalue weighted by Crippen LogP contribution is 2.58. The van der Waals surface area contributed by atoms with Gasteiger partial charge in [-0.05, 0) is 37.0 Å². The SMILES string of the molecule is CC(C)CC(C#N)C(=O)C1C2CCCC21. The van der Waals surface area contributed by atoms with E-state index >= 15 is 0 Å². The minimum Gasteiger partial charge on any atom is -0.298 e. The third-order valence-corrected chi connectivity index (χ3v) is 3.94. The molecule has 82 valence electrons. The maximum absolute atomic E-state index is 12.1. The first-order valence-electron chi connectivity index (χ1n) is 6.08. The molecule has 0 heterocycles. The van der Waals surface area contributed by atoms with Crippen LogP contribution in [0, 0.1) is 40.9 Å². The highest BCUT2D eigenvalue weighted by Gasteiger charge is 2.57. The summed E-state index contributed by atoms with van der Waals surface area (Å²) < 4.78 is 0. The largest absolute Gasteiger partial charge is 0.298 e. The highest BCUT2D eigenvalue weighted by atomic mass is 16.1. The third-order valence-electron chi connectivity index (χ3n) is 3.94. The van der Waals surface area contributed by atoms with Gasteiger partial charge in [0.1, 0.15) is 5.92 Å². The maximum atomic E-state index is 12.1. The molecule has 0 spiro atoms. The number of carbonyl (C=O) groups is 1. The normalized spacial score (nSPS) is 34.7. The smallest absolute Gasteiger partial charge is 0.153 e. The van der Waals surface area contributed by atoms with Crippen molar-refractivity contribution in [3.05, 3.63) is 0 Å². The average molecular weight is 205 g/mol. The number of rotatable bonds is 4. The minimum absolute atomic E-state index is 0.251. The fraction of sp³-hybridized carbons (Fsp3) is 0.846. The monoisotopic (exact) mass is 205 g/mol. The third kappa shape index (κ3) is 1.93. The van der Waals surface area contributed by atoms with Gasteiger partial charge >= 0.3 is 0 Å². The van der Waals surface area contributed by atoms with Crippen LogP contribution in [0.4, 0.5) is 0 Å². The quantitative estimate of drug-likeness (QED) is 0.708. The Bertz CT molecular complexity index is 292. The van der Waals surface area contributed by atoms with Crippen molar-refractivity contribution in [1.29, 1.82) is 5.26 Å². The molecule has 15 heavy (non-hydrogen) atoms. The second kappa shape index (κ2) is 3.96. The molecule has 0 radical (unpaired) electrons. The van der Waals surface area contributed by atoms with Crippen LogP contribution in [0.1, 0.15) is 39.5 Å². The minimum atomic E-state index is -0.333. The zero-order chi connectivity index (χ0) is 11.0. The molecule has 2 aliphatic rings. The van der Waals surface area contributed by atoms with E-state index in [4.69, 9.17) is 5.26 Å². The van der Waals surface area contributed by atoms with Crippen molar-refractivity contribution in [3.8, 4) is 6.07 Å². The lowest BCUT2D eigenvalue weighted by Crippen LogP contribution is -2.19. The van der Waals surface area contributed by atoms with Gasteiger partial charge in [-0.1, -0.05) is 20.3 Å². The predicted molar refractivity (Wildman–Crippen MR) is 57.9 cm³/mol. The molecule has 2 rings (SSSR count). The first-order chi connectivity index (χ1) is 7.15. The topological polar surface area (TPSA) is 40.9 Å². The Hall–Kier alpha value is -0.840. The van der Waals surface area contributed by atoms with Crippen LogP contribution in [0.3, 0.4) is 0 Å². The number of hydrogen-bond donors (Lipinski definition) is 0. The summed E-state index contributed by atoms with van der Waals surface area (Å²) in [5.41, 5.74) is 0. The second-order valence-electron chi connectivity index (χ2n) is 5.50. The van der Waals surface area contributed by atoms with E-state index in [2.05, 4.69) is 19.9 Å². The van der Waals surface area contributed by atoms with Crippen LogP contribution in [0.25, 0.3) is 0 Å². The van der Waals surface area contributed by atoms with Gasteiger partial charge in [0.2, 0.25) is 0 Å². The Labute approximate surface area is 91.7 Å². The highest BCUT2D eigenvalue weighted by molar-refractivity contribution is 5.88. The Balaban J connectivity index is 1.93. The maximum Gasteiger partial charge on any atom is 0.153 e. The summed E-state index contributed by atoms with van der Waals surface area (Å²) in [6.45, 7) is 4.15. The van der Waals surface area contributed by atoms with Gasteiger partial charge in [0, 0.05) is 5.92 Å². The predicted octanol–water partition coefficient (Wildman–Crippen LogP) is 2.79. The van der Waals surface area contributed by atoms with Crippen LogP contribution in [0.2, 0.25) is 0 Å². The van der Waals surface area contributed by atoms with Crippen molar-refractivity contribution in [2.24, 2.45) is 29.6 Å². The van der Waals surface area contributed by atoms with E-state index in [1.807, 2.05) is 0 Å². The molecule has 2 fully saturated rings. The molecule has 2 aliphatic carbocycles. The molecule has 2 heteroatoms. The van der Waals surface area contributed by atoms with Gasteiger partial charge in [-0.2, -0.15) is 5.26 Å². The Morgan fingerprint density at radius 1 is 1.40 bits per heavy atom. The van der Waals surface area contributed by atoms with Gasteiger partial charge in [0.25, 0.3) is 0 Å². The van der Waals surface area contributed by atoms with Crippen LogP contribution in [0.5, 0.6) is 0 Å². The lowest BCUT2D eigenvalue weighted by molar-refractivity contribution is -0.123. The first kappa shape index (κ1) is 10.7. The first-order valence-corrected chi connectivity index (χ1v) is 6.08. The molecule has 3 unspecified atom stereocenters. The fourth-order valence-electron chi connectivity index (χ4n) is 3.18. The van der Waals surface area contributed by atoms with Gasteiger partial charge in [-0.25, -0.2) is 0 Å². The molecule has 0 saturated heterocycles. The van der Waals surface area contributed by atoms with Crippen LogP contribution in [0.15, 0.2) is 0 Å². The van der Waals surface area contributed by atoms with E-state index in [0.717, 1.165) is 6.42 Å². The number of hydrogen-bond acceptors (Lipinski definition) is 2. The summed E-state index contributed by atoms with van der Waals surface area (Å²) in [4.78, 5) is 12.1. The van der Waals surface area contributed by atoms with Gasteiger partial charge in [-0.15, -0.1) is 0 Å². The lowest BCUT2D eigenvalue weighted by atomic mass is 9.90. The molecule has 0 amide bonds. The zero-order valence-corrected chi connectivity index (χ0v) is 9.57. The van der Waals surface area contributed by atoms with Gasteiger partial charge in [0.05, 0.1) is 6.07 Å². The van der Waals surface area contributed by atoms with Crippen molar-refractivity contribution in [2.45, 2.75) is 39.5 Å². The summed E-state index contributed by atoms with van der Waals surface area (Å²) in [5, 5.41) is 9.01. The summed E-state index contributed by atoms with van der Waals surface area (Å²) in [5.74, 6) is 1.93. The molecule has 2 nitrogen and oxygen atoms in total. The van der Waals surface area contributed by atoms with Crippen molar-refractivity contribution >= 4 is 5.78 Å².